The Morgan fingerprint density at radius 2 is 1.88 bits per heavy atom. The molecule has 1 unspecified atom stereocenters. The molecule has 6 nitrogen and oxygen atoms in total. The number of rotatable bonds is 3. The molecule has 1 aliphatic heterocycles. The quantitative estimate of drug-likeness (QED) is 0.588. The summed E-state index contributed by atoms with van der Waals surface area (Å²) in [5.74, 6) is 1.98. The molecule has 0 aliphatic carbocycles. The molecule has 0 radical (unpaired) electrons. The Kier molecular flexibility index (Phi) is 3.84. The van der Waals surface area contributed by atoms with E-state index in [9.17, 15) is 0 Å². The summed E-state index contributed by atoms with van der Waals surface area (Å²) in [4.78, 5) is 0. The molecule has 0 fully saturated rings. The second-order valence-electron chi connectivity index (χ2n) is 5.22. The monoisotopic (exact) mass is 338 g/mol. The van der Waals surface area contributed by atoms with Crippen LogP contribution in [0.5, 0.6) is 11.5 Å². The summed E-state index contributed by atoms with van der Waals surface area (Å²) in [7, 11) is 0. The first-order valence-corrected chi connectivity index (χ1v) is 7.87. The number of nitrogens with one attached hydrogen (secondary N) is 1. The van der Waals surface area contributed by atoms with Crippen molar-refractivity contribution >= 4 is 18.4 Å². The Labute approximate surface area is 143 Å². The van der Waals surface area contributed by atoms with Gasteiger partial charge in [0.2, 0.25) is 4.77 Å². The van der Waals surface area contributed by atoms with Gasteiger partial charge in [-0.2, -0.15) is 14.9 Å². The normalized spacial score (nSPS) is 16.4. The maximum Gasteiger partial charge on any atom is 0.216 e. The standard InChI is InChI=1S/C17H14N4O2S/c24-17-20-19-16(21(17)18-10-12-6-2-1-3-7-12)15-11-22-13-8-4-5-9-14(13)23-15/h1-10,15H,11H2,(H,20,24). The molecule has 0 spiro atoms. The first-order valence-electron chi connectivity index (χ1n) is 7.46. The van der Waals surface area contributed by atoms with Gasteiger partial charge in [0.1, 0.15) is 6.61 Å². The molecule has 24 heavy (non-hydrogen) atoms. The van der Waals surface area contributed by atoms with Gasteiger partial charge in [-0.15, -0.1) is 0 Å². The summed E-state index contributed by atoms with van der Waals surface area (Å²) in [6.07, 6.45) is 1.34. The lowest BCUT2D eigenvalue weighted by Crippen LogP contribution is -2.24. The van der Waals surface area contributed by atoms with E-state index in [0.717, 1.165) is 11.3 Å². The zero-order valence-corrected chi connectivity index (χ0v) is 13.4. The fraction of sp³-hybridized carbons (Fsp3) is 0.118. The number of nitrogens with zero attached hydrogens (tertiary/aromatic N) is 3. The van der Waals surface area contributed by atoms with E-state index in [0.29, 0.717) is 23.0 Å². The number of para-hydroxylation sites is 2. The van der Waals surface area contributed by atoms with Crippen LogP contribution in [0, 0.1) is 4.77 Å². The lowest BCUT2D eigenvalue weighted by molar-refractivity contribution is 0.0826. The molecule has 2 aromatic carbocycles. The third-order valence-electron chi connectivity index (χ3n) is 3.59. The molecule has 1 atom stereocenters. The molecule has 3 aromatic rings. The lowest BCUT2D eigenvalue weighted by atomic mass is 10.2. The number of hydrogen-bond acceptors (Lipinski definition) is 5. The molecule has 1 aromatic heterocycles. The second kappa shape index (κ2) is 6.29. The van der Waals surface area contributed by atoms with E-state index in [1.165, 1.54) is 0 Å². The van der Waals surface area contributed by atoms with Gasteiger partial charge in [0.05, 0.1) is 6.21 Å². The summed E-state index contributed by atoms with van der Waals surface area (Å²) in [6, 6.07) is 17.3. The predicted molar refractivity (Wildman–Crippen MR) is 92.2 cm³/mol. The second-order valence-corrected chi connectivity index (χ2v) is 5.60. The van der Waals surface area contributed by atoms with Crippen molar-refractivity contribution in [2.45, 2.75) is 6.10 Å². The third kappa shape index (κ3) is 2.81. The number of aromatic amines is 1. The minimum Gasteiger partial charge on any atom is -0.485 e. The van der Waals surface area contributed by atoms with Crippen LogP contribution in [0.2, 0.25) is 0 Å². The van der Waals surface area contributed by atoms with Crippen LogP contribution in [-0.2, 0) is 0 Å². The highest BCUT2D eigenvalue weighted by atomic mass is 32.1. The van der Waals surface area contributed by atoms with Crippen molar-refractivity contribution in [1.82, 2.24) is 14.9 Å². The number of aromatic nitrogens is 3. The Hall–Kier alpha value is -2.93. The smallest absolute Gasteiger partial charge is 0.216 e. The molecular weight excluding hydrogens is 324 g/mol. The molecule has 0 saturated heterocycles. The average molecular weight is 338 g/mol. The third-order valence-corrected chi connectivity index (χ3v) is 3.86. The van der Waals surface area contributed by atoms with Crippen LogP contribution in [0.15, 0.2) is 59.7 Å². The minimum atomic E-state index is -0.388. The molecule has 120 valence electrons. The van der Waals surface area contributed by atoms with E-state index < -0.39 is 0 Å². The number of H-pyrrole nitrogens is 1. The van der Waals surface area contributed by atoms with E-state index in [1.807, 2.05) is 54.6 Å². The maximum atomic E-state index is 5.98. The average Bonchev–Trinajstić information content (AvgIpc) is 3.01. The van der Waals surface area contributed by atoms with Gasteiger partial charge in [0, 0.05) is 0 Å². The van der Waals surface area contributed by atoms with Gasteiger partial charge in [-0.25, -0.2) is 5.10 Å². The first-order chi connectivity index (χ1) is 11.8. The molecule has 4 rings (SSSR count). The number of fused-ring (bicyclic) bond motifs is 1. The zero-order chi connectivity index (χ0) is 16.4. The SMILES string of the molecule is S=c1[nH]nc(C2COc3ccccc3O2)n1N=Cc1ccccc1. The lowest BCUT2D eigenvalue weighted by Gasteiger charge is -2.25. The van der Waals surface area contributed by atoms with Crippen LogP contribution < -0.4 is 9.47 Å². The first kappa shape index (κ1) is 14.6. The molecular formula is C17H14N4O2S. The largest absolute Gasteiger partial charge is 0.485 e. The molecule has 7 heteroatoms. The highest BCUT2D eigenvalue weighted by molar-refractivity contribution is 7.71. The zero-order valence-electron chi connectivity index (χ0n) is 12.6. The van der Waals surface area contributed by atoms with Gasteiger partial charge >= 0.3 is 0 Å². The summed E-state index contributed by atoms with van der Waals surface area (Å²) >= 11 is 5.27. The summed E-state index contributed by atoms with van der Waals surface area (Å²) in [5.41, 5.74) is 0.970. The Balaban J connectivity index is 1.64. The van der Waals surface area contributed by atoms with Gasteiger partial charge in [-0.1, -0.05) is 42.5 Å². The molecule has 0 amide bonds. The maximum absolute atomic E-state index is 5.98. The molecule has 0 saturated carbocycles. The molecule has 0 bridgehead atoms. The number of ether oxygens (including phenoxy) is 2. The number of hydrogen-bond donors (Lipinski definition) is 1. The van der Waals surface area contributed by atoms with E-state index in [2.05, 4.69) is 15.3 Å². The Bertz CT molecular complexity index is 933. The van der Waals surface area contributed by atoms with E-state index in [4.69, 9.17) is 21.7 Å². The highest BCUT2D eigenvalue weighted by Crippen LogP contribution is 2.35. The van der Waals surface area contributed by atoms with Crippen LogP contribution in [0.25, 0.3) is 0 Å². The fourth-order valence-electron chi connectivity index (χ4n) is 2.43. The molecule has 2 heterocycles. The van der Waals surface area contributed by atoms with Gasteiger partial charge in [0.25, 0.3) is 0 Å². The van der Waals surface area contributed by atoms with Crippen molar-refractivity contribution in [1.29, 1.82) is 0 Å². The van der Waals surface area contributed by atoms with Crippen LogP contribution in [0.3, 0.4) is 0 Å². The number of benzene rings is 2. The van der Waals surface area contributed by atoms with E-state index in [1.54, 1.807) is 10.9 Å². The van der Waals surface area contributed by atoms with Gasteiger partial charge in [-0.05, 0) is 29.9 Å². The van der Waals surface area contributed by atoms with Crippen molar-refractivity contribution in [3.63, 3.8) is 0 Å². The van der Waals surface area contributed by atoms with Crippen LogP contribution in [-0.4, -0.2) is 27.7 Å². The van der Waals surface area contributed by atoms with Gasteiger partial charge in [0.15, 0.2) is 23.4 Å². The van der Waals surface area contributed by atoms with Crippen LogP contribution in [0.1, 0.15) is 17.5 Å². The Morgan fingerprint density at radius 1 is 1.12 bits per heavy atom. The van der Waals surface area contributed by atoms with Gasteiger partial charge in [-0.3, -0.25) is 0 Å². The summed E-state index contributed by atoms with van der Waals surface area (Å²) in [6.45, 7) is 0.345. The van der Waals surface area contributed by atoms with Crippen LogP contribution >= 0.6 is 12.2 Å². The molecule has 1 aliphatic rings. The van der Waals surface area contributed by atoms with E-state index >= 15 is 0 Å². The highest BCUT2D eigenvalue weighted by Gasteiger charge is 2.27. The van der Waals surface area contributed by atoms with Crippen molar-refractivity contribution in [3.8, 4) is 11.5 Å². The molecule has 1 N–H and O–H groups in total. The summed E-state index contributed by atoms with van der Waals surface area (Å²) in [5, 5.41) is 11.4. The predicted octanol–water partition coefficient (Wildman–Crippen LogP) is 3.34. The van der Waals surface area contributed by atoms with Crippen molar-refractivity contribution in [3.05, 3.63) is 70.8 Å². The van der Waals surface area contributed by atoms with E-state index in [-0.39, 0.29) is 6.10 Å². The minimum absolute atomic E-state index is 0.345. The summed E-state index contributed by atoms with van der Waals surface area (Å²) < 4.78 is 13.7. The van der Waals surface area contributed by atoms with Crippen molar-refractivity contribution in [2.24, 2.45) is 5.10 Å². The Morgan fingerprint density at radius 3 is 2.71 bits per heavy atom. The fourth-order valence-corrected chi connectivity index (χ4v) is 2.62. The van der Waals surface area contributed by atoms with Crippen molar-refractivity contribution < 1.29 is 9.47 Å². The topological polar surface area (TPSA) is 64.4 Å². The van der Waals surface area contributed by atoms with Crippen molar-refractivity contribution in [2.75, 3.05) is 6.61 Å². The van der Waals surface area contributed by atoms with Crippen LogP contribution in [0.4, 0.5) is 0 Å². The van der Waals surface area contributed by atoms with Gasteiger partial charge < -0.3 is 9.47 Å².